The fourth-order valence-corrected chi connectivity index (χ4v) is 1.97. The van der Waals surface area contributed by atoms with Crippen LogP contribution in [0.4, 0.5) is 5.69 Å². The molecule has 1 rings (SSSR count). The number of hydrogen-bond acceptors (Lipinski definition) is 3. The van der Waals surface area contributed by atoms with Gasteiger partial charge in [-0.1, -0.05) is 12.5 Å². The number of anilines is 1. The molecule has 23 heavy (non-hydrogen) atoms. The molecule has 1 aromatic carbocycles. The quantitative estimate of drug-likeness (QED) is 0.641. The van der Waals surface area contributed by atoms with Crippen molar-refractivity contribution in [1.82, 2.24) is 5.32 Å². The summed E-state index contributed by atoms with van der Waals surface area (Å²) in [6.07, 6.45) is 0.496. The second kappa shape index (κ2) is 8.73. The highest BCUT2D eigenvalue weighted by molar-refractivity contribution is 5.96. The number of allylic oxidation sites excluding steroid dienone is 1. The van der Waals surface area contributed by atoms with Gasteiger partial charge in [-0.05, 0) is 37.6 Å². The van der Waals surface area contributed by atoms with Crippen molar-refractivity contribution in [3.05, 3.63) is 42.0 Å². The van der Waals surface area contributed by atoms with Crippen LogP contribution < -0.4 is 10.6 Å². The zero-order valence-corrected chi connectivity index (χ0v) is 13.4. The van der Waals surface area contributed by atoms with Crippen molar-refractivity contribution in [2.45, 2.75) is 26.7 Å². The summed E-state index contributed by atoms with van der Waals surface area (Å²) >= 11 is 0. The number of hydrogen-bond donors (Lipinski definition) is 3. The van der Waals surface area contributed by atoms with Gasteiger partial charge in [0, 0.05) is 23.7 Å². The average Bonchev–Trinajstić information content (AvgIpc) is 2.46. The first kappa shape index (κ1) is 18.4. The SMILES string of the molecule is C=C(C)CC(C)C(=O)Nc1ccc(C(=O)NCCC(=O)O)cc1. The van der Waals surface area contributed by atoms with Crippen molar-refractivity contribution in [3.8, 4) is 0 Å². The maximum atomic E-state index is 12.0. The zero-order chi connectivity index (χ0) is 17.4. The van der Waals surface area contributed by atoms with E-state index in [1.54, 1.807) is 24.3 Å². The van der Waals surface area contributed by atoms with Crippen molar-refractivity contribution >= 4 is 23.5 Å². The second-order valence-electron chi connectivity index (χ2n) is 5.53. The fourth-order valence-electron chi connectivity index (χ4n) is 1.97. The minimum absolute atomic E-state index is 0.0745. The van der Waals surface area contributed by atoms with Gasteiger partial charge >= 0.3 is 5.97 Å². The van der Waals surface area contributed by atoms with Gasteiger partial charge in [-0.2, -0.15) is 0 Å². The normalized spacial score (nSPS) is 11.4. The van der Waals surface area contributed by atoms with Gasteiger partial charge in [0.15, 0.2) is 0 Å². The highest BCUT2D eigenvalue weighted by Crippen LogP contribution is 2.14. The molecule has 2 amide bonds. The Morgan fingerprint density at radius 1 is 1.22 bits per heavy atom. The summed E-state index contributed by atoms with van der Waals surface area (Å²) in [5.74, 6) is -1.59. The first-order valence-corrected chi connectivity index (χ1v) is 7.35. The summed E-state index contributed by atoms with van der Waals surface area (Å²) in [5, 5.41) is 13.8. The summed E-state index contributed by atoms with van der Waals surface area (Å²) in [5.41, 5.74) is 1.95. The van der Waals surface area contributed by atoms with Gasteiger partial charge in [-0.25, -0.2) is 0 Å². The molecule has 1 aromatic rings. The molecule has 124 valence electrons. The molecular weight excluding hydrogens is 296 g/mol. The van der Waals surface area contributed by atoms with E-state index in [0.29, 0.717) is 17.7 Å². The van der Waals surface area contributed by atoms with E-state index in [0.717, 1.165) is 5.57 Å². The first-order chi connectivity index (χ1) is 10.8. The van der Waals surface area contributed by atoms with Crippen LogP contribution in [0.2, 0.25) is 0 Å². The third-order valence-corrected chi connectivity index (χ3v) is 3.14. The van der Waals surface area contributed by atoms with E-state index < -0.39 is 5.97 Å². The molecule has 0 fully saturated rings. The molecule has 0 aliphatic heterocycles. The number of amides is 2. The molecule has 1 atom stereocenters. The summed E-state index contributed by atoms with van der Waals surface area (Å²) in [6, 6.07) is 6.43. The van der Waals surface area contributed by atoms with E-state index in [1.165, 1.54) is 0 Å². The van der Waals surface area contributed by atoms with E-state index in [9.17, 15) is 14.4 Å². The number of carboxylic acids is 1. The third-order valence-electron chi connectivity index (χ3n) is 3.14. The molecule has 0 aromatic heterocycles. The number of carbonyl (C=O) groups excluding carboxylic acids is 2. The monoisotopic (exact) mass is 318 g/mol. The highest BCUT2D eigenvalue weighted by atomic mass is 16.4. The highest BCUT2D eigenvalue weighted by Gasteiger charge is 2.13. The Bertz CT molecular complexity index is 593. The Balaban J connectivity index is 2.55. The zero-order valence-electron chi connectivity index (χ0n) is 13.4. The molecule has 6 heteroatoms. The average molecular weight is 318 g/mol. The van der Waals surface area contributed by atoms with Crippen LogP contribution in [0, 0.1) is 5.92 Å². The standard InChI is InChI=1S/C17H22N2O4/c1-11(2)10-12(3)16(22)19-14-6-4-13(5-7-14)17(23)18-9-8-15(20)21/h4-7,12H,1,8-10H2,2-3H3,(H,18,23)(H,19,22)(H,20,21). The lowest BCUT2D eigenvalue weighted by atomic mass is 10.0. The lowest BCUT2D eigenvalue weighted by Crippen LogP contribution is -2.26. The topological polar surface area (TPSA) is 95.5 Å². The van der Waals surface area contributed by atoms with Crippen molar-refractivity contribution in [1.29, 1.82) is 0 Å². The van der Waals surface area contributed by atoms with Crippen molar-refractivity contribution in [2.75, 3.05) is 11.9 Å². The first-order valence-electron chi connectivity index (χ1n) is 7.35. The molecule has 1 unspecified atom stereocenters. The van der Waals surface area contributed by atoms with E-state index in [4.69, 9.17) is 5.11 Å². The summed E-state index contributed by atoms with van der Waals surface area (Å²) < 4.78 is 0. The van der Waals surface area contributed by atoms with E-state index >= 15 is 0 Å². The molecule has 6 nitrogen and oxygen atoms in total. The van der Waals surface area contributed by atoms with Crippen LogP contribution in [0.15, 0.2) is 36.4 Å². The Morgan fingerprint density at radius 2 is 1.83 bits per heavy atom. The van der Waals surface area contributed by atoms with Gasteiger partial charge < -0.3 is 15.7 Å². The third kappa shape index (κ3) is 6.78. The number of aliphatic carboxylic acids is 1. The molecule has 0 radical (unpaired) electrons. The van der Waals surface area contributed by atoms with E-state index in [-0.39, 0.29) is 30.7 Å². The maximum absolute atomic E-state index is 12.0. The largest absolute Gasteiger partial charge is 0.481 e. The molecule has 0 spiro atoms. The lowest BCUT2D eigenvalue weighted by molar-refractivity contribution is -0.136. The number of nitrogens with one attached hydrogen (secondary N) is 2. The van der Waals surface area contributed by atoms with Crippen molar-refractivity contribution < 1.29 is 19.5 Å². The minimum Gasteiger partial charge on any atom is -0.481 e. The van der Waals surface area contributed by atoms with Crippen LogP contribution in [0.5, 0.6) is 0 Å². The number of benzene rings is 1. The number of carboxylic acid groups (broad SMARTS) is 1. The van der Waals surface area contributed by atoms with Crippen LogP contribution in [-0.4, -0.2) is 29.4 Å². The smallest absolute Gasteiger partial charge is 0.305 e. The van der Waals surface area contributed by atoms with Gasteiger partial charge in [0.05, 0.1) is 6.42 Å². The summed E-state index contributed by atoms with van der Waals surface area (Å²) in [4.78, 5) is 34.2. The molecule has 0 aliphatic carbocycles. The van der Waals surface area contributed by atoms with Crippen LogP contribution in [0.1, 0.15) is 37.0 Å². The molecule has 0 aliphatic rings. The van der Waals surface area contributed by atoms with Crippen molar-refractivity contribution in [3.63, 3.8) is 0 Å². The molecule has 3 N–H and O–H groups in total. The van der Waals surface area contributed by atoms with Gasteiger partial charge in [-0.3, -0.25) is 14.4 Å². The second-order valence-corrected chi connectivity index (χ2v) is 5.53. The molecule has 0 saturated heterocycles. The lowest BCUT2D eigenvalue weighted by Gasteiger charge is -2.12. The summed E-state index contributed by atoms with van der Waals surface area (Å²) in [6.45, 7) is 7.57. The van der Waals surface area contributed by atoms with Crippen LogP contribution in [-0.2, 0) is 9.59 Å². The van der Waals surface area contributed by atoms with Gasteiger partial charge in [0.2, 0.25) is 5.91 Å². The number of rotatable bonds is 8. The number of carbonyl (C=O) groups is 3. The molecule has 0 bridgehead atoms. The minimum atomic E-state index is -0.966. The van der Waals surface area contributed by atoms with E-state index in [1.807, 2.05) is 13.8 Å². The molecule has 0 heterocycles. The Kier molecular flexibility index (Phi) is 6.99. The predicted molar refractivity (Wildman–Crippen MR) is 88.3 cm³/mol. The maximum Gasteiger partial charge on any atom is 0.305 e. The fraction of sp³-hybridized carbons (Fsp3) is 0.353. The molecular formula is C17H22N2O4. The summed E-state index contributed by atoms with van der Waals surface area (Å²) in [7, 11) is 0. The van der Waals surface area contributed by atoms with Crippen LogP contribution in [0.3, 0.4) is 0 Å². The van der Waals surface area contributed by atoms with Crippen LogP contribution in [0.25, 0.3) is 0 Å². The van der Waals surface area contributed by atoms with Gasteiger partial charge in [0.25, 0.3) is 5.91 Å². The predicted octanol–water partition coefficient (Wildman–Crippen LogP) is 2.43. The van der Waals surface area contributed by atoms with Crippen molar-refractivity contribution in [2.24, 2.45) is 5.92 Å². The Labute approximate surface area is 135 Å². The van der Waals surface area contributed by atoms with E-state index in [2.05, 4.69) is 17.2 Å². The Hall–Kier alpha value is -2.63. The Morgan fingerprint density at radius 3 is 2.35 bits per heavy atom. The van der Waals surface area contributed by atoms with Gasteiger partial charge in [0.1, 0.15) is 0 Å². The molecule has 0 saturated carbocycles. The van der Waals surface area contributed by atoms with Gasteiger partial charge in [-0.15, -0.1) is 6.58 Å². The van der Waals surface area contributed by atoms with Crippen LogP contribution >= 0.6 is 0 Å².